The summed E-state index contributed by atoms with van der Waals surface area (Å²) in [6.07, 6.45) is 1.29. The second kappa shape index (κ2) is 10.1. The van der Waals surface area contributed by atoms with E-state index < -0.39 is 23.3 Å². The van der Waals surface area contributed by atoms with E-state index in [1.54, 1.807) is 34.6 Å². The lowest BCUT2D eigenvalue weighted by atomic mass is 9.99. The Morgan fingerprint density at radius 2 is 1.90 bits per heavy atom. The maximum absolute atomic E-state index is 14.5. The van der Waals surface area contributed by atoms with E-state index in [4.69, 9.17) is 0 Å². The number of hydrogen-bond donors (Lipinski definition) is 1. The molecule has 0 saturated carbocycles. The van der Waals surface area contributed by atoms with E-state index in [-0.39, 0.29) is 28.8 Å². The fourth-order valence-electron chi connectivity index (χ4n) is 4.02. The Kier molecular flexibility index (Phi) is 6.62. The van der Waals surface area contributed by atoms with Gasteiger partial charge in [0.15, 0.2) is 17.4 Å². The summed E-state index contributed by atoms with van der Waals surface area (Å²) in [5.74, 6) is 5.35. The number of imidazole rings is 1. The van der Waals surface area contributed by atoms with Gasteiger partial charge in [-0.1, -0.05) is 5.92 Å². The number of alkyl halides is 3. The molecule has 196 valence electrons. The Bertz CT molecular complexity index is 1740. The first-order chi connectivity index (χ1) is 18.6. The number of aryl methyl sites for hydroxylation is 1. The normalized spacial score (nSPS) is 11.3. The van der Waals surface area contributed by atoms with Gasteiger partial charge in [-0.15, -0.1) is 0 Å². The molecule has 11 heteroatoms. The van der Waals surface area contributed by atoms with Crippen molar-refractivity contribution in [1.82, 2.24) is 29.3 Å². The number of nitrogens with zero attached hydrogens (tertiary/aromatic N) is 5. The largest absolute Gasteiger partial charge is 0.416 e. The summed E-state index contributed by atoms with van der Waals surface area (Å²) in [5, 5.41) is 6.49. The highest BCUT2D eigenvalue weighted by atomic mass is 19.4. The van der Waals surface area contributed by atoms with Gasteiger partial charge < -0.3 is 9.13 Å². The third-order valence-corrected chi connectivity index (χ3v) is 6.04. The van der Waals surface area contributed by atoms with Crippen LogP contribution in [0.1, 0.15) is 38.3 Å². The van der Waals surface area contributed by atoms with Crippen molar-refractivity contribution in [3.05, 3.63) is 107 Å². The Morgan fingerprint density at radius 3 is 2.59 bits per heavy atom. The van der Waals surface area contributed by atoms with E-state index in [0.717, 1.165) is 23.8 Å². The van der Waals surface area contributed by atoms with Crippen LogP contribution in [-0.2, 0) is 19.6 Å². The quantitative estimate of drug-likeness (QED) is 0.190. The van der Waals surface area contributed by atoms with Crippen molar-refractivity contribution in [2.75, 3.05) is 0 Å². The number of nitrogens with one attached hydrogen (secondary N) is 1. The van der Waals surface area contributed by atoms with E-state index >= 15 is 0 Å². The van der Waals surface area contributed by atoms with Crippen molar-refractivity contribution in [2.24, 2.45) is 7.05 Å². The second-order valence-corrected chi connectivity index (χ2v) is 8.89. The fraction of sp³-hybridized carbons (Fsp3) is 0.143. The molecule has 2 aromatic carbocycles. The number of halogens is 4. The van der Waals surface area contributed by atoms with E-state index in [1.165, 1.54) is 30.7 Å². The summed E-state index contributed by atoms with van der Waals surface area (Å²) >= 11 is 0. The molecule has 0 amide bonds. The van der Waals surface area contributed by atoms with Crippen LogP contribution in [0.3, 0.4) is 0 Å². The average molecular weight is 533 g/mol. The third kappa shape index (κ3) is 5.50. The Labute approximate surface area is 220 Å². The Morgan fingerprint density at radius 1 is 1.08 bits per heavy atom. The van der Waals surface area contributed by atoms with Crippen molar-refractivity contribution in [3.8, 4) is 29.2 Å². The molecule has 0 aliphatic rings. The summed E-state index contributed by atoms with van der Waals surface area (Å²) in [6, 6.07) is 8.99. The van der Waals surface area contributed by atoms with Gasteiger partial charge in [0, 0.05) is 37.1 Å². The number of benzene rings is 2. The minimum Gasteiger partial charge on any atom is -0.324 e. The first kappa shape index (κ1) is 25.7. The van der Waals surface area contributed by atoms with Gasteiger partial charge >= 0.3 is 6.18 Å². The fourth-order valence-corrected chi connectivity index (χ4v) is 4.02. The number of carbonyl (C=O) groups excluding carboxylic acids is 1. The Hall–Kier alpha value is -4.98. The number of rotatable bonds is 5. The molecule has 0 atom stereocenters. The molecule has 1 N–H and O–H groups in total. The van der Waals surface area contributed by atoms with Gasteiger partial charge in [-0.3, -0.25) is 9.89 Å². The van der Waals surface area contributed by atoms with Crippen molar-refractivity contribution in [2.45, 2.75) is 19.5 Å². The van der Waals surface area contributed by atoms with Gasteiger partial charge in [-0.2, -0.15) is 18.3 Å². The molecule has 0 aliphatic carbocycles. The lowest BCUT2D eigenvalue weighted by molar-refractivity contribution is -0.137. The highest BCUT2D eigenvalue weighted by molar-refractivity contribution is 5.98. The maximum atomic E-state index is 14.5. The zero-order chi connectivity index (χ0) is 27.7. The number of Topliss-reactive ketones (excluding diaryl/α,β-unsaturated/α-hetero) is 1. The molecule has 7 nitrogen and oxygen atoms in total. The SMILES string of the molecule is Cc1ccn(-c2cc(CC(=O)c3ccc(F)c(C#Cc4cnc(-c5ncn[nH]5)n4C)c3)cc(C(F)(F)F)c2)c1. The minimum atomic E-state index is -4.59. The van der Waals surface area contributed by atoms with Crippen LogP contribution in [0.4, 0.5) is 17.6 Å². The molecule has 39 heavy (non-hydrogen) atoms. The van der Waals surface area contributed by atoms with E-state index in [1.807, 2.05) is 6.92 Å². The number of hydrogen-bond acceptors (Lipinski definition) is 4. The molecule has 3 aromatic heterocycles. The molecule has 5 aromatic rings. The molecular formula is C28H20F4N6O. The van der Waals surface area contributed by atoms with Gasteiger partial charge in [0.25, 0.3) is 0 Å². The molecule has 3 heterocycles. The summed E-state index contributed by atoms with van der Waals surface area (Å²) < 4.78 is 58.5. The molecule has 0 radical (unpaired) electrons. The highest BCUT2D eigenvalue weighted by Crippen LogP contribution is 2.32. The molecule has 0 bridgehead atoms. The predicted octanol–water partition coefficient (Wildman–Crippen LogP) is 5.29. The van der Waals surface area contributed by atoms with Crippen LogP contribution < -0.4 is 0 Å². The van der Waals surface area contributed by atoms with Crippen molar-refractivity contribution >= 4 is 5.78 Å². The number of carbonyl (C=O) groups is 1. The van der Waals surface area contributed by atoms with Crippen LogP contribution in [0.2, 0.25) is 0 Å². The molecular weight excluding hydrogens is 512 g/mol. The minimum absolute atomic E-state index is 0.0317. The average Bonchev–Trinajstić information content (AvgIpc) is 3.64. The number of H-pyrrole nitrogens is 1. The molecule has 0 fully saturated rings. The van der Waals surface area contributed by atoms with Crippen LogP contribution in [0.25, 0.3) is 17.3 Å². The number of aromatic nitrogens is 6. The van der Waals surface area contributed by atoms with Crippen molar-refractivity contribution < 1.29 is 22.4 Å². The lowest BCUT2D eigenvalue weighted by Gasteiger charge is -2.13. The zero-order valence-corrected chi connectivity index (χ0v) is 20.7. The lowest BCUT2D eigenvalue weighted by Crippen LogP contribution is -2.10. The smallest absolute Gasteiger partial charge is 0.324 e. The second-order valence-electron chi connectivity index (χ2n) is 8.89. The van der Waals surface area contributed by atoms with Crippen LogP contribution in [0, 0.1) is 24.6 Å². The molecule has 0 spiro atoms. The number of aromatic amines is 1. The van der Waals surface area contributed by atoms with Gasteiger partial charge in [-0.05, 0) is 66.4 Å². The van der Waals surface area contributed by atoms with Gasteiger partial charge in [0.1, 0.15) is 17.8 Å². The van der Waals surface area contributed by atoms with Crippen LogP contribution in [0.5, 0.6) is 0 Å². The van der Waals surface area contributed by atoms with Crippen LogP contribution >= 0.6 is 0 Å². The molecule has 0 aliphatic heterocycles. The first-order valence-corrected chi connectivity index (χ1v) is 11.7. The molecule has 5 rings (SSSR count). The van der Waals surface area contributed by atoms with E-state index in [0.29, 0.717) is 17.3 Å². The monoisotopic (exact) mass is 532 g/mol. The predicted molar refractivity (Wildman–Crippen MR) is 135 cm³/mol. The highest BCUT2D eigenvalue weighted by Gasteiger charge is 2.31. The van der Waals surface area contributed by atoms with E-state index in [9.17, 15) is 22.4 Å². The first-order valence-electron chi connectivity index (χ1n) is 11.7. The standard InChI is InChI=1S/C28H20F4N6O/c1-17-7-8-38(15-17)23-10-18(9-21(13-23)28(30,31)32)11-25(39)20-4-6-24(29)19(12-20)3-5-22-14-33-27(37(22)2)26-34-16-35-36-26/h4,6-10,12-16H,11H2,1-2H3,(H,34,35,36). The summed E-state index contributed by atoms with van der Waals surface area (Å²) in [7, 11) is 1.71. The molecule has 0 unspecified atom stereocenters. The van der Waals surface area contributed by atoms with E-state index in [2.05, 4.69) is 32.0 Å². The van der Waals surface area contributed by atoms with Crippen molar-refractivity contribution in [1.29, 1.82) is 0 Å². The Balaban J connectivity index is 1.42. The van der Waals surface area contributed by atoms with Gasteiger partial charge in [0.2, 0.25) is 0 Å². The number of ketones is 1. The summed E-state index contributed by atoms with van der Waals surface area (Å²) in [5.41, 5.74) is 1.05. The van der Waals surface area contributed by atoms with Gasteiger partial charge in [0.05, 0.1) is 17.3 Å². The van der Waals surface area contributed by atoms with Crippen LogP contribution in [-0.4, -0.2) is 35.1 Å². The zero-order valence-electron chi connectivity index (χ0n) is 20.7. The third-order valence-electron chi connectivity index (χ3n) is 6.04. The van der Waals surface area contributed by atoms with Crippen molar-refractivity contribution in [3.63, 3.8) is 0 Å². The summed E-state index contributed by atoms with van der Waals surface area (Å²) in [6.45, 7) is 1.83. The summed E-state index contributed by atoms with van der Waals surface area (Å²) in [4.78, 5) is 21.3. The molecule has 0 saturated heterocycles. The van der Waals surface area contributed by atoms with Gasteiger partial charge in [-0.25, -0.2) is 14.4 Å². The maximum Gasteiger partial charge on any atom is 0.416 e. The topological polar surface area (TPSA) is 81.4 Å². The van der Waals surface area contributed by atoms with Crippen LogP contribution in [0.15, 0.2) is 67.4 Å².